The van der Waals surface area contributed by atoms with E-state index in [1.807, 2.05) is 0 Å². The van der Waals surface area contributed by atoms with Gasteiger partial charge in [-0.25, -0.2) is 4.79 Å². The van der Waals surface area contributed by atoms with Crippen molar-refractivity contribution in [3.05, 3.63) is 58.1 Å². The molecule has 4 nitrogen and oxygen atoms in total. The molecule has 0 aliphatic heterocycles. The standard InChI is InChI=1S/C15H13Cl2NO3/c1-21-15(20)14(9-2-7-13(19)12(17)8-9)18-11-5-3-10(16)4-6-11/h2-8,14,18-19H,1H3. The summed E-state index contributed by atoms with van der Waals surface area (Å²) in [6.07, 6.45) is 0. The third kappa shape index (κ3) is 3.80. The fraction of sp³-hybridized carbons (Fsp3) is 0.133. The van der Waals surface area contributed by atoms with Crippen LogP contribution in [0.1, 0.15) is 11.6 Å². The highest BCUT2D eigenvalue weighted by Crippen LogP contribution is 2.29. The normalized spacial score (nSPS) is 11.8. The first-order valence-corrected chi connectivity index (χ1v) is 6.85. The van der Waals surface area contributed by atoms with Gasteiger partial charge in [0.2, 0.25) is 0 Å². The number of phenolic OH excluding ortho intramolecular Hbond substituents is 1. The summed E-state index contributed by atoms with van der Waals surface area (Å²) in [6, 6.07) is 10.7. The molecule has 2 rings (SSSR count). The predicted octanol–water partition coefficient (Wildman–Crippen LogP) is 4.03. The summed E-state index contributed by atoms with van der Waals surface area (Å²) in [5.74, 6) is -0.512. The Morgan fingerprint density at radius 2 is 1.86 bits per heavy atom. The van der Waals surface area contributed by atoms with E-state index < -0.39 is 12.0 Å². The molecule has 0 heterocycles. The van der Waals surface area contributed by atoms with Gasteiger partial charge in [-0.1, -0.05) is 29.3 Å². The number of carbonyl (C=O) groups excluding carboxylic acids is 1. The van der Waals surface area contributed by atoms with Crippen LogP contribution in [0.4, 0.5) is 5.69 Å². The second-order valence-electron chi connectivity index (χ2n) is 4.32. The highest BCUT2D eigenvalue weighted by Gasteiger charge is 2.22. The number of ether oxygens (including phenoxy) is 1. The van der Waals surface area contributed by atoms with Gasteiger partial charge in [-0.05, 0) is 42.0 Å². The van der Waals surface area contributed by atoms with Crippen LogP contribution < -0.4 is 5.32 Å². The first-order chi connectivity index (χ1) is 10.0. The monoisotopic (exact) mass is 325 g/mol. The number of halogens is 2. The average Bonchev–Trinajstić information content (AvgIpc) is 2.49. The third-order valence-corrected chi connectivity index (χ3v) is 3.45. The minimum absolute atomic E-state index is 0.0458. The Kier molecular flexibility index (Phi) is 4.94. The number of rotatable bonds is 4. The molecule has 1 unspecified atom stereocenters. The van der Waals surface area contributed by atoms with E-state index in [-0.39, 0.29) is 10.8 Å². The van der Waals surface area contributed by atoms with Gasteiger partial charge in [0, 0.05) is 10.7 Å². The molecule has 2 N–H and O–H groups in total. The molecule has 21 heavy (non-hydrogen) atoms. The van der Waals surface area contributed by atoms with Gasteiger partial charge in [-0.3, -0.25) is 0 Å². The smallest absolute Gasteiger partial charge is 0.332 e. The summed E-state index contributed by atoms with van der Waals surface area (Å²) in [5, 5.41) is 13.3. The molecule has 0 aliphatic carbocycles. The van der Waals surface area contributed by atoms with Crippen molar-refractivity contribution >= 4 is 34.9 Å². The van der Waals surface area contributed by atoms with Gasteiger partial charge in [-0.15, -0.1) is 0 Å². The number of methoxy groups -OCH3 is 1. The molecule has 110 valence electrons. The first kappa shape index (κ1) is 15.5. The van der Waals surface area contributed by atoms with Gasteiger partial charge in [0.05, 0.1) is 12.1 Å². The van der Waals surface area contributed by atoms with Crippen molar-refractivity contribution in [2.75, 3.05) is 12.4 Å². The lowest BCUT2D eigenvalue weighted by Crippen LogP contribution is -2.22. The zero-order chi connectivity index (χ0) is 15.4. The summed E-state index contributed by atoms with van der Waals surface area (Å²) in [5.41, 5.74) is 1.29. The van der Waals surface area contributed by atoms with E-state index in [1.54, 1.807) is 30.3 Å². The minimum atomic E-state index is -0.741. The third-order valence-electron chi connectivity index (χ3n) is 2.90. The van der Waals surface area contributed by atoms with E-state index in [0.717, 1.165) is 0 Å². The number of hydrogen-bond donors (Lipinski definition) is 2. The highest BCUT2D eigenvalue weighted by molar-refractivity contribution is 6.32. The van der Waals surface area contributed by atoms with Crippen LogP contribution in [0.25, 0.3) is 0 Å². The highest BCUT2D eigenvalue weighted by atomic mass is 35.5. The number of benzene rings is 2. The molecular weight excluding hydrogens is 313 g/mol. The second-order valence-corrected chi connectivity index (χ2v) is 5.16. The zero-order valence-corrected chi connectivity index (χ0v) is 12.7. The van der Waals surface area contributed by atoms with Crippen LogP contribution in [0, 0.1) is 0 Å². The maximum Gasteiger partial charge on any atom is 0.332 e. The summed E-state index contributed by atoms with van der Waals surface area (Å²) in [4.78, 5) is 12.0. The van der Waals surface area contributed by atoms with Crippen LogP contribution in [-0.2, 0) is 9.53 Å². The Bertz CT molecular complexity index is 644. The second kappa shape index (κ2) is 6.70. The Morgan fingerprint density at radius 1 is 1.19 bits per heavy atom. The topological polar surface area (TPSA) is 58.6 Å². The molecule has 0 amide bonds. The number of esters is 1. The first-order valence-electron chi connectivity index (χ1n) is 6.09. The van der Waals surface area contributed by atoms with Gasteiger partial charge in [0.15, 0.2) is 6.04 Å². The summed E-state index contributed by atoms with van der Waals surface area (Å²) < 4.78 is 4.80. The van der Waals surface area contributed by atoms with Gasteiger partial charge in [0.25, 0.3) is 0 Å². The van der Waals surface area contributed by atoms with E-state index in [4.69, 9.17) is 27.9 Å². The van der Waals surface area contributed by atoms with E-state index in [9.17, 15) is 9.90 Å². The van der Waals surface area contributed by atoms with Crippen molar-refractivity contribution in [3.8, 4) is 5.75 Å². The fourth-order valence-corrected chi connectivity index (χ4v) is 2.13. The lowest BCUT2D eigenvalue weighted by molar-refractivity contribution is -0.141. The van der Waals surface area contributed by atoms with Crippen LogP contribution >= 0.6 is 23.2 Å². The molecule has 2 aromatic carbocycles. The SMILES string of the molecule is COC(=O)C(Nc1ccc(Cl)cc1)c1ccc(O)c(Cl)c1. The van der Waals surface area contributed by atoms with Gasteiger partial charge in [-0.2, -0.15) is 0 Å². The molecule has 0 spiro atoms. The molecule has 0 saturated carbocycles. The van der Waals surface area contributed by atoms with Crippen molar-refractivity contribution in [3.63, 3.8) is 0 Å². The van der Waals surface area contributed by atoms with Crippen LogP contribution in [0.5, 0.6) is 5.75 Å². The van der Waals surface area contributed by atoms with Crippen molar-refractivity contribution in [2.24, 2.45) is 0 Å². The largest absolute Gasteiger partial charge is 0.506 e. The Balaban J connectivity index is 2.31. The minimum Gasteiger partial charge on any atom is -0.506 e. The lowest BCUT2D eigenvalue weighted by atomic mass is 10.1. The van der Waals surface area contributed by atoms with Crippen molar-refractivity contribution in [1.29, 1.82) is 0 Å². The quantitative estimate of drug-likeness (QED) is 0.833. The lowest BCUT2D eigenvalue weighted by Gasteiger charge is -2.18. The summed E-state index contributed by atoms with van der Waals surface area (Å²) >= 11 is 11.7. The Morgan fingerprint density at radius 3 is 2.43 bits per heavy atom. The fourth-order valence-electron chi connectivity index (χ4n) is 1.81. The molecule has 6 heteroatoms. The number of hydrogen-bond acceptors (Lipinski definition) is 4. The van der Waals surface area contributed by atoms with Crippen LogP contribution in [0.15, 0.2) is 42.5 Å². The van der Waals surface area contributed by atoms with Gasteiger partial charge in [0.1, 0.15) is 5.75 Å². The Labute approximate surface area is 132 Å². The zero-order valence-electron chi connectivity index (χ0n) is 11.1. The molecule has 2 aromatic rings. The van der Waals surface area contributed by atoms with E-state index in [2.05, 4.69) is 5.32 Å². The van der Waals surface area contributed by atoms with Crippen molar-refractivity contribution in [2.45, 2.75) is 6.04 Å². The maximum atomic E-state index is 12.0. The summed E-state index contributed by atoms with van der Waals surface area (Å²) in [6.45, 7) is 0. The molecule has 0 saturated heterocycles. The molecule has 0 bridgehead atoms. The molecule has 0 aliphatic rings. The Hall–Kier alpha value is -1.91. The number of phenols is 1. The van der Waals surface area contributed by atoms with Crippen molar-refractivity contribution in [1.82, 2.24) is 0 Å². The van der Waals surface area contributed by atoms with Gasteiger partial charge >= 0.3 is 5.97 Å². The number of aromatic hydroxyl groups is 1. The molecule has 0 fully saturated rings. The van der Waals surface area contributed by atoms with E-state index >= 15 is 0 Å². The molecule has 0 aromatic heterocycles. The number of nitrogens with one attached hydrogen (secondary N) is 1. The van der Waals surface area contributed by atoms with Crippen LogP contribution in [0.3, 0.4) is 0 Å². The average molecular weight is 326 g/mol. The van der Waals surface area contributed by atoms with Crippen molar-refractivity contribution < 1.29 is 14.6 Å². The number of carbonyl (C=O) groups is 1. The number of anilines is 1. The van der Waals surface area contributed by atoms with Crippen LogP contribution in [-0.4, -0.2) is 18.2 Å². The summed E-state index contributed by atoms with van der Waals surface area (Å²) in [7, 11) is 1.31. The van der Waals surface area contributed by atoms with Gasteiger partial charge < -0.3 is 15.2 Å². The molecular formula is C15H13Cl2NO3. The molecule has 1 atom stereocenters. The maximum absolute atomic E-state index is 12.0. The predicted molar refractivity (Wildman–Crippen MR) is 82.9 cm³/mol. The van der Waals surface area contributed by atoms with Crippen LogP contribution in [0.2, 0.25) is 10.0 Å². The molecule has 0 radical (unpaired) electrons. The van der Waals surface area contributed by atoms with E-state index in [1.165, 1.54) is 19.2 Å². The van der Waals surface area contributed by atoms with E-state index in [0.29, 0.717) is 16.3 Å².